The monoisotopic (exact) mass is 1430 g/mol. The molecule has 0 aliphatic carbocycles. The third kappa shape index (κ3) is 14.4. The highest BCUT2D eigenvalue weighted by molar-refractivity contribution is 7.48. The first-order valence-electron chi connectivity index (χ1n) is 32.3. The molecule has 6 aliphatic heterocycles. The molecule has 33 nitrogen and oxygen atoms in total. The lowest BCUT2D eigenvalue weighted by Crippen LogP contribution is -2.35. The zero-order chi connectivity index (χ0) is 71.1. The third-order valence-electron chi connectivity index (χ3n) is 17.9. The lowest BCUT2D eigenvalue weighted by Gasteiger charge is -2.21. The summed E-state index contributed by atoms with van der Waals surface area (Å²) in [5.41, 5.74) is 14.5. The van der Waals surface area contributed by atoms with Crippen molar-refractivity contribution in [2.24, 2.45) is 21.1 Å². The number of ether oxygens (including phenoxy) is 3. The average molecular weight is 1440 g/mol. The smallest absolute Gasteiger partial charge is 0.441 e. The van der Waals surface area contributed by atoms with Crippen LogP contribution in [-0.4, -0.2) is 165 Å². The van der Waals surface area contributed by atoms with E-state index in [0.29, 0.717) is 59.5 Å². The van der Waals surface area contributed by atoms with Gasteiger partial charge in [0.05, 0.1) is 89.4 Å². The van der Waals surface area contributed by atoms with Crippen LogP contribution < -0.4 is 14.7 Å². The standard InChI is InChI=1S/C32H29N6O6P.C18H17N6O6P.C18H16N6O3.H2/c1-37-35-31(34-36-37)27-14-12-25(18-33-27)24-13-15-28-26(16-24)17-29-30(44-32(39)38(28)29)21-43-45(40,41-19-22-8-4-2-5-9-22)42-20-23-10-6-3-7-11-23;1-23-21-17(20-22-23)13-4-2-11(8-19-13)10-3-5-14-12(6-10)7-15-16(9-29-31(26,27)28)30-18(25)24(14)15;1-23-21-17(20-22-23)13-4-2-11(8-19-13)10-3-5-14-12(6-10)7-15-16(9-25)27-18(26)24(14)15;/h2-16,18,29-30H,17,19-21H2,1H3;2-6,8,15-16H,7,9H2,1H3,(H2,26,27,28);2-6,8,15-16,25H,7,9H2,1H3;1H/t29-,30-;2*15-,16-;/m000./s1. The van der Waals surface area contributed by atoms with Gasteiger partial charge in [-0.2, -0.15) is 14.4 Å². The van der Waals surface area contributed by atoms with Gasteiger partial charge in [0.2, 0.25) is 17.5 Å². The van der Waals surface area contributed by atoms with Crippen LogP contribution in [0.2, 0.25) is 0 Å². The molecule has 0 saturated carbocycles. The molecule has 6 atom stereocenters. The van der Waals surface area contributed by atoms with Crippen LogP contribution in [0.25, 0.3) is 67.9 Å². The normalized spacial score (nSPS) is 18.9. The van der Waals surface area contributed by atoms with Crippen LogP contribution >= 0.6 is 15.6 Å². The number of carbonyl (C=O) groups is 3. The van der Waals surface area contributed by atoms with Gasteiger partial charge in [-0.25, -0.2) is 23.5 Å². The fraction of sp³-hybridized carbons (Fsp3) is 0.250. The summed E-state index contributed by atoms with van der Waals surface area (Å²) in [7, 11) is -3.60. The van der Waals surface area contributed by atoms with Crippen molar-refractivity contribution in [2.45, 2.75) is 68.9 Å². The highest BCUT2D eigenvalue weighted by Gasteiger charge is 2.51. The Morgan fingerprint density at radius 2 is 0.786 bits per heavy atom. The van der Waals surface area contributed by atoms with Crippen LogP contribution in [0.5, 0.6) is 0 Å². The molecule has 0 unspecified atom stereocenters. The number of aromatic nitrogens is 15. The topological polar surface area (TPSA) is 390 Å². The number of rotatable bonds is 19. The number of tetrazole rings is 3. The Hall–Kier alpha value is -11.3. The Balaban J connectivity index is 0.000000136. The molecule has 3 fully saturated rings. The fourth-order valence-corrected chi connectivity index (χ4v) is 14.5. The number of pyridine rings is 3. The number of benzene rings is 5. The summed E-state index contributed by atoms with van der Waals surface area (Å²) >= 11 is 0. The number of phosphoric ester groups is 2. The van der Waals surface area contributed by atoms with Crippen molar-refractivity contribution in [1.29, 1.82) is 0 Å². The van der Waals surface area contributed by atoms with Gasteiger partial charge < -0.3 is 29.1 Å². The Morgan fingerprint density at radius 1 is 0.447 bits per heavy atom. The van der Waals surface area contributed by atoms with E-state index in [1.54, 1.807) is 49.5 Å². The minimum Gasteiger partial charge on any atom is -0.441 e. The molecule has 6 aromatic heterocycles. The van der Waals surface area contributed by atoms with Crippen molar-refractivity contribution in [1.82, 2.24) is 75.6 Å². The van der Waals surface area contributed by atoms with Crippen molar-refractivity contribution in [3.63, 3.8) is 0 Å². The lowest BCUT2D eigenvalue weighted by molar-refractivity contribution is 0.0515. The van der Waals surface area contributed by atoms with Gasteiger partial charge in [-0.15, -0.1) is 30.6 Å². The number of phosphoric acid groups is 2. The number of fused-ring (bicyclic) bond motifs is 9. The minimum atomic E-state index is -4.65. The number of amides is 3. The van der Waals surface area contributed by atoms with E-state index in [4.69, 9.17) is 37.6 Å². The summed E-state index contributed by atoms with van der Waals surface area (Å²) in [6.45, 7) is -0.635. The third-order valence-corrected chi connectivity index (χ3v) is 19.7. The first-order valence-corrected chi connectivity index (χ1v) is 35.3. The SMILES string of the molecule is Cn1nnc(-c2ccc(-c3ccc4c(c3)C[C@H]3[C@H](CO)OC(=O)N43)cn2)n1.Cn1nnc(-c2ccc(-c3ccc4c(c3)C[C@H]3[C@H](COP(=O)(O)O)OC(=O)N43)cn2)n1.Cn1nnc(-c2ccc(-c3ccc4c(c3)C[C@H]3[C@H](COP(=O)(OCc5ccccc5)OCc5ccccc5)OC(=O)N43)cn2)n1.[HH]. The molecule has 0 radical (unpaired) electrons. The van der Waals surface area contributed by atoms with Gasteiger partial charge in [0, 0.05) is 36.7 Å². The molecule has 17 rings (SSSR count). The van der Waals surface area contributed by atoms with Gasteiger partial charge in [-0.3, -0.25) is 47.7 Å². The van der Waals surface area contributed by atoms with Crippen LogP contribution in [0.15, 0.2) is 170 Å². The van der Waals surface area contributed by atoms with Crippen molar-refractivity contribution in [3.8, 4) is 67.9 Å². The second-order valence-corrected chi connectivity index (χ2v) is 27.5. The molecule has 3 amide bonds. The maximum Gasteiger partial charge on any atom is 0.475 e. The maximum atomic E-state index is 13.8. The number of carbonyl (C=O) groups excluding carboxylic acids is 3. The molecule has 12 heterocycles. The molecule has 3 saturated heterocycles. The Kier molecular flexibility index (Phi) is 18.6. The number of cyclic esters (lactones) is 3. The number of aliphatic hydroxyl groups is 1. The molecular weight excluding hydrogens is 1370 g/mol. The molecule has 0 spiro atoms. The highest BCUT2D eigenvalue weighted by Crippen LogP contribution is 2.52. The second-order valence-electron chi connectivity index (χ2n) is 24.6. The van der Waals surface area contributed by atoms with Crippen molar-refractivity contribution in [3.05, 3.63) is 198 Å². The summed E-state index contributed by atoms with van der Waals surface area (Å²) in [6, 6.07) is 46.7. The maximum absolute atomic E-state index is 13.8. The molecule has 103 heavy (non-hydrogen) atoms. The second kappa shape index (κ2) is 28.3. The Labute approximate surface area is 586 Å². The van der Waals surface area contributed by atoms with E-state index in [0.717, 1.165) is 72.6 Å². The van der Waals surface area contributed by atoms with E-state index in [1.807, 2.05) is 146 Å². The molecule has 3 N–H and O–H groups in total. The number of anilines is 3. The van der Waals surface area contributed by atoms with Gasteiger partial charge in [-0.1, -0.05) is 97.1 Å². The largest absolute Gasteiger partial charge is 0.475 e. The Bertz CT molecular complexity index is 5030. The molecular formula is C68H64N18O15P2. The van der Waals surface area contributed by atoms with Crippen molar-refractivity contribution >= 4 is 51.0 Å². The summed E-state index contributed by atoms with van der Waals surface area (Å²) in [5, 5.41) is 45.3. The first kappa shape index (κ1) is 67.6. The van der Waals surface area contributed by atoms with Gasteiger partial charge in [0.1, 0.15) is 35.4 Å². The summed E-state index contributed by atoms with van der Waals surface area (Å²) < 4.78 is 62.8. The van der Waals surface area contributed by atoms with E-state index in [1.165, 1.54) is 19.3 Å². The van der Waals surface area contributed by atoms with E-state index in [-0.39, 0.29) is 52.6 Å². The van der Waals surface area contributed by atoms with Crippen molar-refractivity contribution < 1.29 is 72.1 Å². The van der Waals surface area contributed by atoms with E-state index in [9.17, 15) is 28.6 Å². The number of aryl methyl sites for hydroxylation is 3. The summed E-state index contributed by atoms with van der Waals surface area (Å²) in [4.78, 5) is 77.5. The van der Waals surface area contributed by atoms with E-state index < -0.39 is 52.2 Å². The zero-order valence-electron chi connectivity index (χ0n) is 55.0. The molecule has 526 valence electrons. The number of aliphatic hydroxyl groups excluding tert-OH is 1. The summed E-state index contributed by atoms with van der Waals surface area (Å²) in [6.07, 6.45) is 3.58. The van der Waals surface area contributed by atoms with Gasteiger partial charge in [0.25, 0.3) is 0 Å². The lowest BCUT2D eigenvalue weighted by atomic mass is 10.0. The molecule has 5 aromatic carbocycles. The fourth-order valence-electron chi connectivity index (χ4n) is 13.0. The molecule has 6 aliphatic rings. The number of hydrogen-bond acceptors (Lipinski definition) is 25. The van der Waals surface area contributed by atoms with Crippen molar-refractivity contribution in [2.75, 3.05) is 34.5 Å². The average Bonchev–Trinajstić information content (AvgIpc) is 1.61. The zero-order valence-corrected chi connectivity index (χ0v) is 56.8. The quantitative estimate of drug-likeness (QED) is 0.0504. The van der Waals surface area contributed by atoms with Crippen LogP contribution in [-0.2, 0) is 95.1 Å². The minimum absolute atomic E-state index is 0. The van der Waals surface area contributed by atoms with Crippen LogP contribution in [0.1, 0.15) is 29.2 Å². The molecule has 35 heteroatoms. The Morgan fingerprint density at radius 3 is 1.11 bits per heavy atom. The van der Waals surface area contributed by atoms with Gasteiger partial charge in [0.15, 0.2) is 0 Å². The van der Waals surface area contributed by atoms with Gasteiger partial charge in [-0.05, 0) is 134 Å². The van der Waals surface area contributed by atoms with Crippen LogP contribution in [0.3, 0.4) is 0 Å². The van der Waals surface area contributed by atoms with Crippen LogP contribution in [0, 0.1) is 0 Å². The first-order chi connectivity index (χ1) is 49.9. The van der Waals surface area contributed by atoms with Gasteiger partial charge >= 0.3 is 33.9 Å². The van der Waals surface area contributed by atoms with E-state index in [2.05, 4.69) is 71.8 Å². The molecule has 11 aromatic rings. The predicted octanol–water partition coefficient (Wildman–Crippen LogP) is 8.47. The predicted molar refractivity (Wildman–Crippen MR) is 366 cm³/mol. The van der Waals surface area contributed by atoms with Crippen LogP contribution in [0.4, 0.5) is 31.4 Å². The molecule has 0 bridgehead atoms. The highest BCUT2D eigenvalue weighted by atomic mass is 31.2. The van der Waals surface area contributed by atoms with E-state index >= 15 is 0 Å². The number of nitrogens with zero attached hydrogens (tertiary/aromatic N) is 18. The number of hydrogen-bond donors (Lipinski definition) is 3. The summed E-state index contributed by atoms with van der Waals surface area (Å²) in [5.74, 6) is 1.36.